The van der Waals surface area contributed by atoms with Gasteiger partial charge in [0.05, 0.1) is 0 Å². The Balaban J connectivity index is 2.64. The third kappa shape index (κ3) is 2.94. The van der Waals surface area contributed by atoms with E-state index >= 15 is 0 Å². The molecular formula is C11H14NO3-. The Morgan fingerprint density at radius 2 is 2.00 bits per heavy atom. The van der Waals surface area contributed by atoms with E-state index < -0.39 is 17.8 Å². The number of nitrogens with one attached hydrogen (secondary N) is 1. The van der Waals surface area contributed by atoms with Crippen LogP contribution in [0.2, 0.25) is 0 Å². The first-order chi connectivity index (χ1) is 7.16. The van der Waals surface area contributed by atoms with E-state index in [9.17, 15) is 14.7 Å². The number of carbonyl (C=O) groups is 2. The van der Waals surface area contributed by atoms with Crippen molar-refractivity contribution < 1.29 is 14.7 Å². The first-order valence-corrected chi connectivity index (χ1v) is 4.91. The summed E-state index contributed by atoms with van der Waals surface area (Å²) < 4.78 is 0. The monoisotopic (exact) mass is 208 g/mol. The molecule has 2 atom stereocenters. The molecule has 0 saturated carbocycles. The molecule has 0 aliphatic heterocycles. The SMILES string of the molecule is C=CCNC(=O)[C@H]1CC=CC[C@H]1C(=O)[O-]. The number of amides is 1. The molecule has 82 valence electrons. The first-order valence-electron chi connectivity index (χ1n) is 4.91. The van der Waals surface area contributed by atoms with Gasteiger partial charge >= 0.3 is 0 Å². The number of rotatable bonds is 4. The topological polar surface area (TPSA) is 69.2 Å². The molecule has 0 fully saturated rings. The summed E-state index contributed by atoms with van der Waals surface area (Å²) in [5.74, 6) is -2.62. The van der Waals surface area contributed by atoms with Gasteiger partial charge in [-0.2, -0.15) is 0 Å². The fourth-order valence-electron chi connectivity index (χ4n) is 1.67. The quantitative estimate of drug-likeness (QED) is 0.640. The Hall–Kier alpha value is -1.58. The van der Waals surface area contributed by atoms with Crippen LogP contribution in [0.15, 0.2) is 24.8 Å². The van der Waals surface area contributed by atoms with E-state index in [1.165, 1.54) is 0 Å². The van der Waals surface area contributed by atoms with Gasteiger partial charge in [-0.15, -0.1) is 6.58 Å². The van der Waals surface area contributed by atoms with Gasteiger partial charge in [-0.1, -0.05) is 18.2 Å². The smallest absolute Gasteiger partial charge is 0.224 e. The van der Waals surface area contributed by atoms with Crippen molar-refractivity contribution in [3.63, 3.8) is 0 Å². The fourth-order valence-corrected chi connectivity index (χ4v) is 1.67. The predicted molar refractivity (Wildman–Crippen MR) is 53.6 cm³/mol. The molecule has 1 aliphatic rings. The minimum absolute atomic E-state index is 0.242. The average Bonchev–Trinajstić information content (AvgIpc) is 2.25. The van der Waals surface area contributed by atoms with E-state index in [2.05, 4.69) is 11.9 Å². The van der Waals surface area contributed by atoms with Crippen molar-refractivity contribution in [2.24, 2.45) is 11.8 Å². The van der Waals surface area contributed by atoms with Crippen molar-refractivity contribution in [2.75, 3.05) is 6.54 Å². The normalized spacial score (nSPS) is 24.5. The third-order valence-electron chi connectivity index (χ3n) is 2.49. The molecular weight excluding hydrogens is 194 g/mol. The molecule has 1 aliphatic carbocycles. The lowest BCUT2D eigenvalue weighted by atomic mass is 9.82. The zero-order chi connectivity index (χ0) is 11.3. The van der Waals surface area contributed by atoms with Crippen LogP contribution in [0, 0.1) is 11.8 Å². The minimum Gasteiger partial charge on any atom is -0.550 e. The summed E-state index contributed by atoms with van der Waals surface area (Å²) in [5, 5.41) is 13.4. The maximum absolute atomic E-state index is 11.6. The zero-order valence-electron chi connectivity index (χ0n) is 8.44. The number of hydrogen-bond acceptors (Lipinski definition) is 3. The number of carboxylic acid groups (broad SMARTS) is 1. The van der Waals surface area contributed by atoms with Crippen LogP contribution in [0.1, 0.15) is 12.8 Å². The zero-order valence-corrected chi connectivity index (χ0v) is 8.44. The van der Waals surface area contributed by atoms with Crippen LogP contribution in [-0.2, 0) is 9.59 Å². The van der Waals surface area contributed by atoms with E-state index in [1.807, 2.05) is 6.08 Å². The third-order valence-corrected chi connectivity index (χ3v) is 2.49. The van der Waals surface area contributed by atoms with Crippen molar-refractivity contribution in [3.8, 4) is 0 Å². The summed E-state index contributed by atoms with van der Waals surface area (Å²) in [7, 11) is 0. The highest BCUT2D eigenvalue weighted by molar-refractivity contribution is 5.84. The predicted octanol–water partition coefficient (Wildman–Crippen LogP) is -0.379. The highest BCUT2D eigenvalue weighted by atomic mass is 16.4. The van der Waals surface area contributed by atoms with Crippen LogP contribution in [0.25, 0.3) is 0 Å². The lowest BCUT2D eigenvalue weighted by Gasteiger charge is -2.27. The first kappa shape index (κ1) is 11.5. The number of allylic oxidation sites excluding steroid dienone is 2. The van der Waals surface area contributed by atoms with Gasteiger partial charge in [0.2, 0.25) is 5.91 Å². The molecule has 0 aromatic heterocycles. The highest BCUT2D eigenvalue weighted by Crippen LogP contribution is 2.25. The van der Waals surface area contributed by atoms with Crippen LogP contribution >= 0.6 is 0 Å². The van der Waals surface area contributed by atoms with E-state index in [1.54, 1.807) is 12.2 Å². The molecule has 0 radical (unpaired) electrons. The summed E-state index contributed by atoms with van der Waals surface area (Å²) in [5.41, 5.74) is 0. The summed E-state index contributed by atoms with van der Waals surface area (Å²) in [6, 6.07) is 0. The van der Waals surface area contributed by atoms with Gasteiger partial charge in [-0.3, -0.25) is 4.79 Å². The van der Waals surface area contributed by atoms with Crippen molar-refractivity contribution >= 4 is 11.9 Å². The van der Waals surface area contributed by atoms with E-state index in [-0.39, 0.29) is 5.91 Å². The molecule has 0 aromatic rings. The Bertz CT molecular complexity index is 296. The molecule has 0 unspecified atom stereocenters. The van der Waals surface area contributed by atoms with Gasteiger partial charge < -0.3 is 15.2 Å². The Kier molecular flexibility index (Phi) is 4.09. The lowest BCUT2D eigenvalue weighted by Crippen LogP contribution is -2.43. The number of carboxylic acids is 1. The summed E-state index contributed by atoms with van der Waals surface area (Å²) in [6.07, 6.45) is 6.00. The van der Waals surface area contributed by atoms with Gasteiger partial charge in [0.15, 0.2) is 0 Å². The molecule has 0 heterocycles. The van der Waals surface area contributed by atoms with E-state index in [0.717, 1.165) is 0 Å². The van der Waals surface area contributed by atoms with Gasteiger partial charge in [-0.25, -0.2) is 0 Å². The molecule has 0 spiro atoms. The Labute approximate surface area is 88.7 Å². The van der Waals surface area contributed by atoms with Crippen molar-refractivity contribution in [2.45, 2.75) is 12.8 Å². The van der Waals surface area contributed by atoms with Crippen LogP contribution < -0.4 is 10.4 Å². The maximum Gasteiger partial charge on any atom is 0.224 e. The molecule has 0 saturated heterocycles. The lowest BCUT2D eigenvalue weighted by molar-refractivity contribution is -0.313. The molecule has 1 N–H and O–H groups in total. The molecule has 1 rings (SSSR count). The van der Waals surface area contributed by atoms with Crippen molar-refractivity contribution in [1.29, 1.82) is 0 Å². The standard InChI is InChI=1S/C11H15NO3/c1-2-7-12-10(13)8-5-3-4-6-9(8)11(14)15/h2-4,8-9H,1,5-7H2,(H,12,13)(H,14,15)/p-1/t8-,9+/m0/s1. The molecule has 1 amide bonds. The van der Waals surface area contributed by atoms with Crippen LogP contribution in [0.5, 0.6) is 0 Å². The minimum atomic E-state index is -1.15. The van der Waals surface area contributed by atoms with Crippen LogP contribution in [0.4, 0.5) is 0 Å². The highest BCUT2D eigenvalue weighted by Gasteiger charge is 2.29. The average molecular weight is 208 g/mol. The van der Waals surface area contributed by atoms with Crippen molar-refractivity contribution in [3.05, 3.63) is 24.8 Å². The van der Waals surface area contributed by atoms with Crippen LogP contribution in [-0.4, -0.2) is 18.4 Å². The number of hydrogen-bond donors (Lipinski definition) is 1. The molecule has 15 heavy (non-hydrogen) atoms. The summed E-state index contributed by atoms with van der Waals surface area (Å²) in [4.78, 5) is 22.4. The number of aliphatic carboxylic acids is 1. The Morgan fingerprint density at radius 3 is 2.53 bits per heavy atom. The second-order valence-electron chi connectivity index (χ2n) is 3.51. The van der Waals surface area contributed by atoms with E-state index in [0.29, 0.717) is 19.4 Å². The summed E-state index contributed by atoms with van der Waals surface area (Å²) in [6.45, 7) is 3.83. The van der Waals surface area contributed by atoms with Gasteiger partial charge in [0, 0.05) is 24.3 Å². The molecule has 4 heteroatoms. The molecule has 4 nitrogen and oxygen atoms in total. The maximum atomic E-state index is 11.6. The van der Waals surface area contributed by atoms with Crippen molar-refractivity contribution in [1.82, 2.24) is 5.32 Å². The second-order valence-corrected chi connectivity index (χ2v) is 3.51. The summed E-state index contributed by atoms with van der Waals surface area (Å²) >= 11 is 0. The van der Waals surface area contributed by atoms with Gasteiger partial charge in [0.25, 0.3) is 0 Å². The van der Waals surface area contributed by atoms with E-state index in [4.69, 9.17) is 0 Å². The molecule has 0 bridgehead atoms. The number of carbonyl (C=O) groups excluding carboxylic acids is 2. The molecule has 0 aromatic carbocycles. The van der Waals surface area contributed by atoms with Crippen LogP contribution in [0.3, 0.4) is 0 Å². The van der Waals surface area contributed by atoms with Gasteiger partial charge in [0.1, 0.15) is 0 Å². The Morgan fingerprint density at radius 1 is 1.40 bits per heavy atom. The fraction of sp³-hybridized carbons (Fsp3) is 0.455. The largest absolute Gasteiger partial charge is 0.550 e. The van der Waals surface area contributed by atoms with Gasteiger partial charge in [-0.05, 0) is 12.8 Å². The second kappa shape index (κ2) is 5.34.